The highest BCUT2D eigenvalue weighted by Gasteiger charge is 2.28. The molecule has 0 bridgehead atoms. The van der Waals surface area contributed by atoms with E-state index in [0.29, 0.717) is 25.3 Å². The molecule has 1 aromatic heterocycles. The lowest BCUT2D eigenvalue weighted by Crippen LogP contribution is -2.32. The Labute approximate surface area is 177 Å². The van der Waals surface area contributed by atoms with Gasteiger partial charge >= 0.3 is 0 Å². The number of benzene rings is 2. The summed E-state index contributed by atoms with van der Waals surface area (Å²) < 4.78 is 1.80. The Hall–Kier alpha value is -2.96. The molecule has 30 heavy (non-hydrogen) atoms. The van der Waals surface area contributed by atoms with Gasteiger partial charge in [0.05, 0.1) is 13.2 Å². The van der Waals surface area contributed by atoms with Gasteiger partial charge < -0.3 is 10.4 Å². The number of aromatic nitrogens is 2. The second kappa shape index (κ2) is 9.24. The van der Waals surface area contributed by atoms with Gasteiger partial charge in [0, 0.05) is 43.9 Å². The predicted molar refractivity (Wildman–Crippen MR) is 116 cm³/mol. The minimum Gasteiger partial charge on any atom is -0.394 e. The molecule has 6 heteroatoms. The molecule has 2 aromatic carbocycles. The molecule has 2 heterocycles. The van der Waals surface area contributed by atoms with Crippen LogP contribution in [0.5, 0.6) is 0 Å². The maximum Gasteiger partial charge on any atom is 0.272 e. The number of nitrogens with zero attached hydrogens (tertiary/aromatic N) is 3. The van der Waals surface area contributed by atoms with Gasteiger partial charge in [-0.25, -0.2) is 0 Å². The van der Waals surface area contributed by atoms with Gasteiger partial charge in [-0.2, -0.15) is 5.10 Å². The number of hydrogen-bond donors (Lipinski definition) is 2. The Balaban J connectivity index is 1.53. The molecule has 0 radical (unpaired) electrons. The highest BCUT2D eigenvalue weighted by Crippen LogP contribution is 2.25. The van der Waals surface area contributed by atoms with E-state index in [9.17, 15) is 9.90 Å². The van der Waals surface area contributed by atoms with Gasteiger partial charge in [0.2, 0.25) is 0 Å². The van der Waals surface area contributed by atoms with Crippen LogP contribution in [0.1, 0.15) is 38.4 Å². The largest absolute Gasteiger partial charge is 0.394 e. The summed E-state index contributed by atoms with van der Waals surface area (Å²) in [6.45, 7) is 5.45. The molecule has 1 aliphatic rings. The van der Waals surface area contributed by atoms with Crippen LogP contribution in [0, 0.1) is 6.92 Å². The summed E-state index contributed by atoms with van der Waals surface area (Å²) >= 11 is 0. The number of aryl methyl sites for hydroxylation is 1. The van der Waals surface area contributed by atoms with E-state index in [1.54, 1.807) is 4.68 Å². The molecular formula is C24H28N4O2. The fourth-order valence-corrected chi connectivity index (χ4v) is 4.03. The number of aliphatic hydroxyl groups is 1. The molecule has 0 unspecified atom stereocenters. The van der Waals surface area contributed by atoms with E-state index in [-0.39, 0.29) is 12.5 Å². The summed E-state index contributed by atoms with van der Waals surface area (Å²) in [5.74, 6) is -0.162. The molecule has 0 saturated heterocycles. The second-order valence-corrected chi connectivity index (χ2v) is 7.78. The lowest BCUT2D eigenvalue weighted by molar-refractivity contribution is 0.0942. The normalized spacial score (nSPS) is 13.8. The SMILES string of the molecule is Cc1ccccc1CN1CCc2c(c(C(=O)NCc3ccccc3)nn2CCO)C1. The highest BCUT2D eigenvalue weighted by molar-refractivity contribution is 5.94. The summed E-state index contributed by atoms with van der Waals surface area (Å²) in [7, 11) is 0. The zero-order valence-corrected chi connectivity index (χ0v) is 17.3. The minimum absolute atomic E-state index is 0.00607. The zero-order valence-electron chi connectivity index (χ0n) is 17.3. The Morgan fingerprint density at radius 3 is 2.67 bits per heavy atom. The van der Waals surface area contributed by atoms with Crippen molar-refractivity contribution in [3.63, 3.8) is 0 Å². The lowest BCUT2D eigenvalue weighted by Gasteiger charge is -2.28. The molecule has 1 aliphatic heterocycles. The van der Waals surface area contributed by atoms with Crippen molar-refractivity contribution in [3.05, 3.63) is 88.2 Å². The Bertz CT molecular complexity index is 1010. The monoisotopic (exact) mass is 404 g/mol. The molecular weight excluding hydrogens is 376 g/mol. The molecule has 6 nitrogen and oxygen atoms in total. The molecule has 0 saturated carbocycles. The van der Waals surface area contributed by atoms with Crippen molar-refractivity contribution in [1.29, 1.82) is 0 Å². The Morgan fingerprint density at radius 1 is 1.13 bits per heavy atom. The molecule has 3 aromatic rings. The number of carbonyl (C=O) groups excluding carboxylic acids is 1. The second-order valence-electron chi connectivity index (χ2n) is 7.78. The summed E-state index contributed by atoms with van der Waals surface area (Å²) in [4.78, 5) is 15.3. The van der Waals surface area contributed by atoms with E-state index in [2.05, 4.69) is 46.5 Å². The van der Waals surface area contributed by atoms with Crippen molar-refractivity contribution in [3.8, 4) is 0 Å². The minimum atomic E-state index is -0.162. The molecule has 0 spiro atoms. The molecule has 1 amide bonds. The number of nitrogens with one attached hydrogen (secondary N) is 1. The van der Waals surface area contributed by atoms with Gasteiger partial charge in [-0.05, 0) is 23.6 Å². The molecule has 2 N–H and O–H groups in total. The van der Waals surface area contributed by atoms with Crippen molar-refractivity contribution < 1.29 is 9.90 Å². The van der Waals surface area contributed by atoms with E-state index < -0.39 is 0 Å². The first kappa shape index (κ1) is 20.3. The van der Waals surface area contributed by atoms with E-state index in [1.807, 2.05) is 30.3 Å². The average Bonchev–Trinajstić information content (AvgIpc) is 3.12. The van der Waals surface area contributed by atoms with Crippen molar-refractivity contribution in [1.82, 2.24) is 20.0 Å². The van der Waals surface area contributed by atoms with Gasteiger partial charge in [-0.1, -0.05) is 54.6 Å². The van der Waals surface area contributed by atoms with Crippen LogP contribution in [-0.4, -0.2) is 38.8 Å². The number of amides is 1. The summed E-state index contributed by atoms with van der Waals surface area (Å²) in [5.41, 5.74) is 6.15. The topological polar surface area (TPSA) is 70.4 Å². The van der Waals surface area contributed by atoms with Gasteiger partial charge in [0.25, 0.3) is 5.91 Å². The van der Waals surface area contributed by atoms with Gasteiger partial charge in [-0.15, -0.1) is 0 Å². The number of hydrogen-bond acceptors (Lipinski definition) is 4. The maximum absolute atomic E-state index is 13.0. The lowest BCUT2D eigenvalue weighted by atomic mass is 10.0. The summed E-state index contributed by atoms with van der Waals surface area (Å²) in [6.07, 6.45) is 0.820. The van der Waals surface area contributed by atoms with Crippen LogP contribution >= 0.6 is 0 Å². The van der Waals surface area contributed by atoms with E-state index in [0.717, 1.165) is 36.3 Å². The fourth-order valence-electron chi connectivity index (χ4n) is 4.03. The van der Waals surface area contributed by atoms with Crippen LogP contribution in [0.25, 0.3) is 0 Å². The molecule has 156 valence electrons. The third-order valence-electron chi connectivity index (χ3n) is 5.69. The van der Waals surface area contributed by atoms with Gasteiger partial charge in [0.15, 0.2) is 5.69 Å². The maximum atomic E-state index is 13.0. The third-order valence-corrected chi connectivity index (χ3v) is 5.69. The highest BCUT2D eigenvalue weighted by atomic mass is 16.3. The van der Waals surface area contributed by atoms with E-state index >= 15 is 0 Å². The first-order valence-corrected chi connectivity index (χ1v) is 10.4. The van der Waals surface area contributed by atoms with E-state index in [4.69, 9.17) is 0 Å². The number of aliphatic hydroxyl groups excluding tert-OH is 1. The number of rotatable bonds is 7. The molecule has 0 fully saturated rings. The number of fused-ring (bicyclic) bond motifs is 1. The first-order valence-electron chi connectivity index (χ1n) is 10.4. The zero-order chi connectivity index (χ0) is 20.9. The number of carbonyl (C=O) groups is 1. The summed E-state index contributed by atoms with van der Waals surface area (Å²) in [5, 5.41) is 17.0. The van der Waals surface area contributed by atoms with Crippen LogP contribution in [-0.2, 0) is 32.6 Å². The average molecular weight is 405 g/mol. The quantitative estimate of drug-likeness (QED) is 0.635. The van der Waals surface area contributed by atoms with Crippen LogP contribution in [0.3, 0.4) is 0 Å². The Kier molecular flexibility index (Phi) is 6.26. The van der Waals surface area contributed by atoms with Crippen LogP contribution in [0.15, 0.2) is 54.6 Å². The standard InChI is InChI=1S/C24H28N4O2/c1-18-7-5-6-10-20(18)16-27-12-11-22-21(17-27)23(26-28(22)13-14-29)24(30)25-15-19-8-3-2-4-9-19/h2-10,29H,11-17H2,1H3,(H,25,30). The van der Waals surface area contributed by atoms with Gasteiger partial charge in [-0.3, -0.25) is 14.4 Å². The van der Waals surface area contributed by atoms with Crippen LogP contribution in [0.4, 0.5) is 0 Å². The smallest absolute Gasteiger partial charge is 0.272 e. The molecule has 4 rings (SSSR count). The van der Waals surface area contributed by atoms with Crippen molar-refractivity contribution in [2.75, 3.05) is 13.2 Å². The molecule has 0 atom stereocenters. The summed E-state index contributed by atoms with van der Waals surface area (Å²) in [6, 6.07) is 18.3. The van der Waals surface area contributed by atoms with Crippen molar-refractivity contribution in [2.24, 2.45) is 0 Å². The third kappa shape index (κ3) is 4.45. The van der Waals surface area contributed by atoms with Crippen molar-refractivity contribution in [2.45, 2.75) is 39.5 Å². The van der Waals surface area contributed by atoms with E-state index in [1.165, 1.54) is 11.1 Å². The molecule has 0 aliphatic carbocycles. The van der Waals surface area contributed by atoms with Gasteiger partial charge in [0.1, 0.15) is 0 Å². The van der Waals surface area contributed by atoms with Crippen molar-refractivity contribution >= 4 is 5.91 Å². The first-order chi connectivity index (χ1) is 14.7. The van der Waals surface area contributed by atoms with Crippen LogP contribution in [0.2, 0.25) is 0 Å². The predicted octanol–water partition coefficient (Wildman–Crippen LogP) is 2.67. The fraction of sp³-hybridized carbons (Fsp3) is 0.333. The Morgan fingerprint density at radius 2 is 1.90 bits per heavy atom. The van der Waals surface area contributed by atoms with Crippen LogP contribution < -0.4 is 5.32 Å².